The van der Waals surface area contributed by atoms with Crippen LogP contribution in [-0.2, 0) is 4.74 Å². The van der Waals surface area contributed by atoms with E-state index in [4.69, 9.17) is 14.2 Å². The zero-order valence-corrected chi connectivity index (χ0v) is 21.3. The highest BCUT2D eigenvalue weighted by Gasteiger charge is 2.42. The molecular formula is C28H35N3O5. The van der Waals surface area contributed by atoms with Gasteiger partial charge in [0.15, 0.2) is 11.5 Å². The number of para-hydroxylation sites is 1. The molecule has 1 aliphatic heterocycles. The number of unbranched alkanes of at least 4 members (excludes halogenated alkanes) is 3. The van der Waals surface area contributed by atoms with Gasteiger partial charge in [-0.1, -0.05) is 44.4 Å². The van der Waals surface area contributed by atoms with E-state index in [1.807, 2.05) is 29.2 Å². The van der Waals surface area contributed by atoms with Gasteiger partial charge in [0.05, 0.1) is 19.8 Å². The van der Waals surface area contributed by atoms with E-state index in [2.05, 4.69) is 17.1 Å². The van der Waals surface area contributed by atoms with E-state index >= 15 is 0 Å². The Kier molecular flexibility index (Phi) is 8.48. The molecule has 8 nitrogen and oxygen atoms in total. The van der Waals surface area contributed by atoms with Gasteiger partial charge in [0.25, 0.3) is 5.91 Å². The number of rotatable bonds is 13. The van der Waals surface area contributed by atoms with Crippen molar-refractivity contribution in [1.82, 2.24) is 15.1 Å². The summed E-state index contributed by atoms with van der Waals surface area (Å²) in [4.78, 5) is 15.3. The summed E-state index contributed by atoms with van der Waals surface area (Å²) in [6, 6.07) is 12.4. The molecule has 192 valence electrons. The largest absolute Gasteiger partial charge is 0.507 e. The van der Waals surface area contributed by atoms with Gasteiger partial charge in [-0.25, -0.2) is 0 Å². The maximum Gasteiger partial charge on any atom is 0.273 e. The average Bonchev–Trinajstić information content (AvgIpc) is 3.43. The van der Waals surface area contributed by atoms with Crippen molar-refractivity contribution in [3.8, 4) is 28.5 Å². The van der Waals surface area contributed by atoms with Crippen LogP contribution in [0.2, 0.25) is 0 Å². The molecule has 3 aromatic rings. The molecule has 0 radical (unpaired) electrons. The molecule has 1 amide bonds. The van der Waals surface area contributed by atoms with Crippen molar-refractivity contribution in [2.24, 2.45) is 0 Å². The predicted octanol–water partition coefficient (Wildman–Crippen LogP) is 5.33. The predicted molar refractivity (Wildman–Crippen MR) is 138 cm³/mol. The standard InChI is InChI=1S/C28H35N3O5/c1-4-5-6-9-17-36-22-14-13-19(18-23(22)35-3)27-24-25(20-11-7-8-12-21(20)32)29-30-26(24)28(33)31(27)15-10-16-34-2/h7-8,11-14,18,27,32H,4-6,9-10,15-17H2,1-3H3,(H,29,30)/t27-/m1/s1. The fourth-order valence-electron chi connectivity index (χ4n) is 4.72. The fourth-order valence-corrected chi connectivity index (χ4v) is 4.72. The summed E-state index contributed by atoms with van der Waals surface area (Å²) in [5, 5.41) is 17.9. The topological polar surface area (TPSA) is 96.9 Å². The van der Waals surface area contributed by atoms with Crippen LogP contribution in [0.15, 0.2) is 42.5 Å². The number of aromatic amines is 1. The van der Waals surface area contributed by atoms with Crippen molar-refractivity contribution in [3.63, 3.8) is 0 Å². The molecule has 0 aliphatic carbocycles. The summed E-state index contributed by atoms with van der Waals surface area (Å²) in [6.07, 6.45) is 5.19. The molecular weight excluding hydrogens is 458 g/mol. The first-order valence-corrected chi connectivity index (χ1v) is 12.6. The molecule has 0 saturated carbocycles. The molecule has 4 rings (SSSR count). The van der Waals surface area contributed by atoms with E-state index in [9.17, 15) is 9.90 Å². The first-order chi connectivity index (χ1) is 17.6. The molecule has 1 atom stereocenters. The Hall–Kier alpha value is -3.52. The Morgan fingerprint density at radius 2 is 1.86 bits per heavy atom. The molecule has 2 aromatic carbocycles. The average molecular weight is 494 g/mol. The van der Waals surface area contributed by atoms with Gasteiger partial charge in [0, 0.05) is 31.4 Å². The van der Waals surface area contributed by atoms with Crippen LogP contribution in [0.4, 0.5) is 0 Å². The van der Waals surface area contributed by atoms with Crippen molar-refractivity contribution < 1.29 is 24.1 Å². The number of fused-ring (bicyclic) bond motifs is 1. The van der Waals surface area contributed by atoms with Crippen LogP contribution in [0, 0.1) is 0 Å². The zero-order valence-electron chi connectivity index (χ0n) is 21.3. The van der Waals surface area contributed by atoms with E-state index in [-0.39, 0.29) is 11.7 Å². The molecule has 0 spiro atoms. The number of carbonyl (C=O) groups is 1. The Labute approximate surface area is 212 Å². The van der Waals surface area contributed by atoms with Crippen molar-refractivity contribution >= 4 is 5.91 Å². The summed E-state index contributed by atoms with van der Waals surface area (Å²) in [5.41, 5.74) is 3.20. The Balaban J connectivity index is 1.71. The lowest BCUT2D eigenvalue weighted by molar-refractivity contribution is 0.0723. The highest BCUT2D eigenvalue weighted by atomic mass is 16.5. The van der Waals surface area contributed by atoms with E-state index < -0.39 is 6.04 Å². The molecule has 1 aromatic heterocycles. The second-order valence-corrected chi connectivity index (χ2v) is 8.94. The second-order valence-electron chi connectivity index (χ2n) is 8.94. The summed E-state index contributed by atoms with van der Waals surface area (Å²) in [7, 11) is 3.27. The summed E-state index contributed by atoms with van der Waals surface area (Å²) < 4.78 is 16.9. The van der Waals surface area contributed by atoms with Crippen LogP contribution < -0.4 is 9.47 Å². The van der Waals surface area contributed by atoms with Gasteiger partial charge in [0.1, 0.15) is 17.1 Å². The normalized spacial score (nSPS) is 14.8. The minimum Gasteiger partial charge on any atom is -0.507 e. The number of aromatic nitrogens is 2. The molecule has 0 unspecified atom stereocenters. The van der Waals surface area contributed by atoms with E-state index in [1.54, 1.807) is 32.4 Å². The number of ether oxygens (including phenoxy) is 3. The first kappa shape index (κ1) is 25.6. The molecule has 0 saturated heterocycles. The van der Waals surface area contributed by atoms with Crippen molar-refractivity contribution in [2.75, 3.05) is 34.0 Å². The number of phenolic OH excluding ortho intramolecular Hbond substituents is 1. The molecule has 0 bridgehead atoms. The number of H-pyrrole nitrogens is 1. The highest BCUT2D eigenvalue weighted by Crippen LogP contribution is 2.45. The monoisotopic (exact) mass is 493 g/mol. The second kappa shape index (κ2) is 11.9. The van der Waals surface area contributed by atoms with Crippen molar-refractivity contribution in [1.29, 1.82) is 0 Å². The van der Waals surface area contributed by atoms with Crippen LogP contribution in [0.1, 0.15) is 66.7 Å². The number of aromatic hydroxyl groups is 1. The number of hydrogen-bond donors (Lipinski definition) is 2. The molecule has 8 heteroatoms. The molecule has 0 fully saturated rings. The van der Waals surface area contributed by atoms with Gasteiger partial charge < -0.3 is 24.2 Å². The van der Waals surface area contributed by atoms with E-state index in [0.29, 0.717) is 54.6 Å². The Morgan fingerprint density at radius 3 is 2.61 bits per heavy atom. The number of methoxy groups -OCH3 is 2. The molecule has 2 N–H and O–H groups in total. The van der Waals surface area contributed by atoms with Gasteiger partial charge >= 0.3 is 0 Å². The number of nitrogens with zero attached hydrogens (tertiary/aromatic N) is 2. The maximum absolute atomic E-state index is 13.4. The molecule has 36 heavy (non-hydrogen) atoms. The van der Waals surface area contributed by atoms with Crippen LogP contribution in [0.5, 0.6) is 17.2 Å². The van der Waals surface area contributed by atoms with Gasteiger partial charge in [0.2, 0.25) is 0 Å². The summed E-state index contributed by atoms with van der Waals surface area (Å²) in [6.45, 7) is 3.87. The third kappa shape index (κ3) is 5.18. The van der Waals surface area contributed by atoms with Crippen molar-refractivity contribution in [2.45, 2.75) is 45.1 Å². The molecule has 1 aliphatic rings. The number of carbonyl (C=O) groups excluding carboxylic acids is 1. The van der Waals surface area contributed by atoms with E-state index in [1.165, 1.54) is 12.8 Å². The SMILES string of the molecule is CCCCCCOc1ccc([C@@H]2c3c(-c4ccccc4O)n[nH]c3C(=O)N2CCCOC)cc1OC. The fraction of sp³-hybridized carbons (Fsp3) is 0.429. The lowest BCUT2D eigenvalue weighted by atomic mass is 9.95. The maximum atomic E-state index is 13.4. The number of nitrogens with one attached hydrogen (secondary N) is 1. The van der Waals surface area contributed by atoms with Crippen molar-refractivity contribution in [3.05, 3.63) is 59.3 Å². The van der Waals surface area contributed by atoms with Gasteiger partial charge in [-0.15, -0.1) is 0 Å². The molecule has 2 heterocycles. The van der Waals surface area contributed by atoms with E-state index in [0.717, 1.165) is 24.0 Å². The first-order valence-electron chi connectivity index (χ1n) is 12.6. The van der Waals surface area contributed by atoms with Crippen LogP contribution in [0.3, 0.4) is 0 Å². The number of hydrogen-bond acceptors (Lipinski definition) is 6. The lowest BCUT2D eigenvalue weighted by Crippen LogP contribution is -2.31. The van der Waals surface area contributed by atoms with Crippen LogP contribution in [-0.4, -0.2) is 60.1 Å². The third-order valence-corrected chi connectivity index (χ3v) is 6.53. The minimum absolute atomic E-state index is 0.111. The van der Waals surface area contributed by atoms with Gasteiger partial charge in [-0.05, 0) is 42.7 Å². The van der Waals surface area contributed by atoms with Crippen LogP contribution in [0.25, 0.3) is 11.3 Å². The number of amides is 1. The summed E-state index contributed by atoms with van der Waals surface area (Å²) in [5.74, 6) is 1.28. The smallest absolute Gasteiger partial charge is 0.273 e. The zero-order chi connectivity index (χ0) is 25.5. The third-order valence-electron chi connectivity index (χ3n) is 6.53. The Morgan fingerprint density at radius 1 is 1.03 bits per heavy atom. The minimum atomic E-state index is -0.398. The number of benzene rings is 2. The quantitative estimate of drug-likeness (QED) is 0.312. The van der Waals surface area contributed by atoms with Gasteiger partial charge in [-0.3, -0.25) is 9.89 Å². The Bertz CT molecular complexity index is 1180. The van der Waals surface area contributed by atoms with Gasteiger partial charge in [-0.2, -0.15) is 5.10 Å². The number of phenols is 1. The highest BCUT2D eigenvalue weighted by molar-refractivity contribution is 6.00. The van der Waals surface area contributed by atoms with Crippen LogP contribution >= 0.6 is 0 Å². The lowest BCUT2D eigenvalue weighted by Gasteiger charge is -2.27. The summed E-state index contributed by atoms with van der Waals surface area (Å²) >= 11 is 0.